The van der Waals surface area contributed by atoms with Crippen molar-refractivity contribution in [2.45, 2.75) is 64.4 Å². The van der Waals surface area contributed by atoms with Crippen molar-refractivity contribution in [2.24, 2.45) is 11.8 Å². The van der Waals surface area contributed by atoms with Gasteiger partial charge in [0.2, 0.25) is 0 Å². The molecule has 15 heavy (non-hydrogen) atoms. The molecule has 0 aliphatic heterocycles. The van der Waals surface area contributed by atoms with E-state index in [4.69, 9.17) is 0 Å². The van der Waals surface area contributed by atoms with Crippen LogP contribution in [0.15, 0.2) is 12.7 Å². The Hall–Kier alpha value is -0.300. The Bertz CT molecular complexity index is 188. The van der Waals surface area contributed by atoms with E-state index < -0.39 is 5.60 Å². The first-order valence-corrected chi connectivity index (χ1v) is 6.43. The summed E-state index contributed by atoms with van der Waals surface area (Å²) in [6.45, 7) is 8.01. The van der Waals surface area contributed by atoms with Gasteiger partial charge in [0, 0.05) is 0 Å². The molecule has 1 fully saturated rings. The maximum absolute atomic E-state index is 10.4. The lowest BCUT2D eigenvalue weighted by Crippen LogP contribution is -2.36. The average molecular weight is 210 g/mol. The molecule has 88 valence electrons. The normalized spacial score (nSPS) is 30.9. The molecule has 0 saturated heterocycles. The lowest BCUT2D eigenvalue weighted by atomic mass is 9.72. The minimum absolute atomic E-state index is 0.465. The van der Waals surface area contributed by atoms with Gasteiger partial charge in [-0.05, 0) is 44.4 Å². The van der Waals surface area contributed by atoms with E-state index in [2.05, 4.69) is 13.5 Å². The maximum atomic E-state index is 10.4. The van der Waals surface area contributed by atoms with Crippen LogP contribution in [0, 0.1) is 11.8 Å². The summed E-state index contributed by atoms with van der Waals surface area (Å²) in [5.41, 5.74) is -0.465. The Labute approximate surface area is 94.6 Å². The van der Waals surface area contributed by atoms with Crippen molar-refractivity contribution in [1.29, 1.82) is 0 Å². The number of rotatable bonds is 5. The van der Waals surface area contributed by atoms with Crippen LogP contribution >= 0.6 is 0 Å². The van der Waals surface area contributed by atoms with Gasteiger partial charge in [0.05, 0.1) is 5.60 Å². The molecular formula is C14H26O. The van der Waals surface area contributed by atoms with Crippen LogP contribution in [0.4, 0.5) is 0 Å². The molecule has 0 heterocycles. The minimum Gasteiger partial charge on any atom is -0.390 e. The van der Waals surface area contributed by atoms with E-state index in [-0.39, 0.29) is 0 Å². The third-order valence-electron chi connectivity index (χ3n) is 4.16. The highest BCUT2D eigenvalue weighted by molar-refractivity contribution is 4.87. The second-order valence-corrected chi connectivity index (χ2v) is 5.31. The van der Waals surface area contributed by atoms with Crippen LogP contribution in [-0.2, 0) is 0 Å². The third-order valence-corrected chi connectivity index (χ3v) is 4.16. The second kappa shape index (κ2) is 5.69. The van der Waals surface area contributed by atoms with Crippen LogP contribution in [0.3, 0.4) is 0 Å². The highest BCUT2D eigenvalue weighted by Crippen LogP contribution is 2.38. The first kappa shape index (κ1) is 12.8. The number of hydrogen-bond acceptors (Lipinski definition) is 1. The van der Waals surface area contributed by atoms with E-state index in [1.165, 1.54) is 32.1 Å². The van der Waals surface area contributed by atoms with Crippen LogP contribution in [0.5, 0.6) is 0 Å². The zero-order valence-electron chi connectivity index (χ0n) is 10.3. The summed E-state index contributed by atoms with van der Waals surface area (Å²) in [6.07, 6.45) is 10.1. The van der Waals surface area contributed by atoms with Crippen molar-refractivity contribution < 1.29 is 5.11 Å². The van der Waals surface area contributed by atoms with Crippen molar-refractivity contribution in [1.82, 2.24) is 0 Å². The molecule has 1 rings (SSSR count). The third kappa shape index (κ3) is 3.64. The Morgan fingerprint density at radius 3 is 2.40 bits per heavy atom. The molecule has 0 spiro atoms. The quantitative estimate of drug-likeness (QED) is 0.682. The Kier molecular flexibility index (Phi) is 4.85. The highest BCUT2D eigenvalue weighted by atomic mass is 16.3. The average Bonchev–Trinajstić information content (AvgIpc) is 2.26. The Balaban J connectivity index is 2.40. The Morgan fingerprint density at radius 2 is 1.93 bits per heavy atom. The van der Waals surface area contributed by atoms with E-state index in [1.54, 1.807) is 0 Å². The van der Waals surface area contributed by atoms with Gasteiger partial charge in [0.1, 0.15) is 0 Å². The van der Waals surface area contributed by atoms with Crippen molar-refractivity contribution in [2.75, 3.05) is 0 Å². The monoisotopic (exact) mass is 210 g/mol. The lowest BCUT2D eigenvalue weighted by molar-refractivity contribution is -0.0284. The second-order valence-electron chi connectivity index (χ2n) is 5.31. The fraction of sp³-hybridized carbons (Fsp3) is 0.857. The van der Waals surface area contributed by atoms with Crippen LogP contribution in [0.25, 0.3) is 0 Å². The molecule has 1 atom stereocenters. The SMILES string of the molecule is C=CCCC(C)(O)C1CCC(CC)CC1. The fourth-order valence-corrected chi connectivity index (χ4v) is 2.79. The topological polar surface area (TPSA) is 20.2 Å². The number of hydrogen-bond donors (Lipinski definition) is 1. The van der Waals surface area contributed by atoms with E-state index in [1.807, 2.05) is 13.0 Å². The van der Waals surface area contributed by atoms with Crippen molar-refractivity contribution in [3.63, 3.8) is 0 Å². The van der Waals surface area contributed by atoms with E-state index in [0.717, 1.165) is 18.8 Å². The first-order valence-electron chi connectivity index (χ1n) is 6.43. The summed E-state index contributed by atoms with van der Waals surface area (Å²) < 4.78 is 0. The van der Waals surface area contributed by atoms with Gasteiger partial charge in [0.25, 0.3) is 0 Å². The molecular weight excluding hydrogens is 184 g/mol. The Morgan fingerprint density at radius 1 is 1.33 bits per heavy atom. The van der Waals surface area contributed by atoms with Gasteiger partial charge in [-0.15, -0.1) is 6.58 Å². The zero-order valence-corrected chi connectivity index (χ0v) is 10.3. The smallest absolute Gasteiger partial charge is 0.0650 e. The predicted octanol–water partition coefficient (Wildman–Crippen LogP) is 3.92. The van der Waals surface area contributed by atoms with Crippen molar-refractivity contribution in [3.8, 4) is 0 Å². The maximum Gasteiger partial charge on any atom is 0.0650 e. The fourth-order valence-electron chi connectivity index (χ4n) is 2.79. The van der Waals surface area contributed by atoms with E-state index >= 15 is 0 Å². The lowest BCUT2D eigenvalue weighted by Gasteiger charge is -2.38. The molecule has 1 aliphatic rings. The molecule has 0 aromatic carbocycles. The minimum atomic E-state index is -0.465. The summed E-state index contributed by atoms with van der Waals surface area (Å²) in [6, 6.07) is 0. The van der Waals surface area contributed by atoms with Crippen LogP contribution in [-0.4, -0.2) is 10.7 Å². The molecule has 0 bridgehead atoms. The molecule has 1 nitrogen and oxygen atoms in total. The van der Waals surface area contributed by atoms with Crippen molar-refractivity contribution >= 4 is 0 Å². The molecule has 1 aliphatic carbocycles. The van der Waals surface area contributed by atoms with E-state index in [9.17, 15) is 5.11 Å². The summed E-state index contributed by atoms with van der Waals surface area (Å²) >= 11 is 0. The molecule has 1 heteroatoms. The van der Waals surface area contributed by atoms with Gasteiger partial charge < -0.3 is 5.11 Å². The van der Waals surface area contributed by atoms with Gasteiger partial charge >= 0.3 is 0 Å². The molecule has 1 unspecified atom stereocenters. The predicted molar refractivity (Wildman–Crippen MR) is 65.8 cm³/mol. The van der Waals surface area contributed by atoms with Crippen LogP contribution in [0.1, 0.15) is 58.8 Å². The number of allylic oxidation sites excluding steroid dienone is 1. The van der Waals surface area contributed by atoms with Crippen LogP contribution < -0.4 is 0 Å². The molecule has 1 N–H and O–H groups in total. The van der Waals surface area contributed by atoms with E-state index in [0.29, 0.717) is 5.92 Å². The first-order chi connectivity index (χ1) is 7.10. The molecule has 0 amide bonds. The molecule has 0 aromatic rings. The summed E-state index contributed by atoms with van der Waals surface area (Å²) in [5, 5.41) is 10.4. The van der Waals surface area contributed by atoms with Gasteiger partial charge in [-0.1, -0.05) is 32.3 Å². The molecule has 1 saturated carbocycles. The highest BCUT2D eigenvalue weighted by Gasteiger charge is 2.33. The van der Waals surface area contributed by atoms with Gasteiger partial charge in [-0.3, -0.25) is 0 Å². The van der Waals surface area contributed by atoms with Crippen molar-refractivity contribution in [3.05, 3.63) is 12.7 Å². The van der Waals surface area contributed by atoms with Gasteiger partial charge in [-0.2, -0.15) is 0 Å². The summed E-state index contributed by atoms with van der Waals surface area (Å²) in [5.74, 6) is 1.43. The van der Waals surface area contributed by atoms with Gasteiger partial charge in [0.15, 0.2) is 0 Å². The number of aliphatic hydroxyl groups is 1. The summed E-state index contributed by atoms with van der Waals surface area (Å²) in [4.78, 5) is 0. The largest absolute Gasteiger partial charge is 0.390 e. The standard InChI is InChI=1S/C14H26O/c1-4-6-11-14(3,15)13-9-7-12(5-2)8-10-13/h4,12-13,15H,1,5-11H2,2-3H3. The van der Waals surface area contributed by atoms with Crippen LogP contribution in [0.2, 0.25) is 0 Å². The van der Waals surface area contributed by atoms with Gasteiger partial charge in [-0.25, -0.2) is 0 Å². The molecule has 0 aromatic heterocycles. The molecule has 0 radical (unpaired) electrons. The summed E-state index contributed by atoms with van der Waals surface area (Å²) in [7, 11) is 0. The zero-order chi connectivity index (χ0) is 11.3.